The van der Waals surface area contributed by atoms with Crippen LogP contribution in [-0.4, -0.2) is 38.4 Å². The molecule has 1 aromatic carbocycles. The fraction of sp³-hybridized carbons (Fsp3) is 0.720. The summed E-state index contributed by atoms with van der Waals surface area (Å²) < 4.78 is 18.3. The number of carbonyl (C=O) groups is 1. The van der Waals surface area contributed by atoms with Gasteiger partial charge >= 0.3 is 5.97 Å². The van der Waals surface area contributed by atoms with Crippen LogP contribution in [0.25, 0.3) is 0 Å². The first-order valence-corrected chi connectivity index (χ1v) is 11.7. The summed E-state index contributed by atoms with van der Waals surface area (Å²) in [5, 5.41) is 2.46. The molecule has 2 saturated heterocycles. The number of piperidine rings is 1. The van der Waals surface area contributed by atoms with Gasteiger partial charge in [0.25, 0.3) is 0 Å². The minimum absolute atomic E-state index is 0. The van der Waals surface area contributed by atoms with Crippen LogP contribution in [0.1, 0.15) is 81.3 Å². The quantitative estimate of drug-likeness (QED) is 0.675. The lowest BCUT2D eigenvalue weighted by atomic mass is 9.64. The Balaban J connectivity index is 0.00000272. The zero-order valence-electron chi connectivity index (χ0n) is 19.4. The smallest absolute Gasteiger partial charge is 0.337 e. The van der Waals surface area contributed by atoms with Gasteiger partial charge in [-0.2, -0.15) is 0 Å². The third kappa shape index (κ3) is 4.89. The van der Waals surface area contributed by atoms with Crippen molar-refractivity contribution in [3.8, 4) is 5.75 Å². The molecule has 0 aromatic heterocycles. The molecule has 3 aliphatic heterocycles. The summed E-state index contributed by atoms with van der Waals surface area (Å²) in [4.78, 5) is 12.1. The van der Waals surface area contributed by atoms with Crippen molar-refractivity contribution in [3.63, 3.8) is 0 Å². The Hall–Kier alpha value is -1.30. The Labute approximate surface area is 193 Å². The highest BCUT2D eigenvalue weighted by Gasteiger charge is 2.54. The molecule has 4 atom stereocenters. The van der Waals surface area contributed by atoms with Gasteiger partial charge in [0.1, 0.15) is 11.4 Å². The minimum atomic E-state index is -0.328. The van der Waals surface area contributed by atoms with Gasteiger partial charge in [-0.25, -0.2) is 4.79 Å². The standard InChI is InChI=1S/C25H37NO4.ClH/c1-17(2)7-5-10-24(3)20-14-25(11-6-12-26-15-25)16-29-22(20)19-9-8-18(23(27)28-4)13-21(19)30-24;/h8-9,13,17,20,22,26H,5-7,10-12,14-16H2,1-4H3;1H/t20-,22+,24-,25-;/m1./s1. The Kier molecular flexibility index (Phi) is 7.60. The number of nitrogens with two attached hydrogens (primary N) is 1. The Morgan fingerprint density at radius 1 is 1.35 bits per heavy atom. The number of methoxy groups -OCH3 is 1. The SMILES string of the molecule is COC(=O)c1ccc2c(c1)O[C@](C)(CCCC(C)C)[C@@H]1C[C@@]3(CCC[NH2+]C3)CO[C@@H]21.[Cl-]. The van der Waals surface area contributed by atoms with Gasteiger partial charge in [-0.05, 0) is 57.1 Å². The van der Waals surface area contributed by atoms with Crippen LogP contribution in [0.3, 0.4) is 0 Å². The van der Waals surface area contributed by atoms with Crippen molar-refractivity contribution in [2.24, 2.45) is 17.3 Å². The van der Waals surface area contributed by atoms with Crippen LogP contribution in [0, 0.1) is 17.3 Å². The largest absolute Gasteiger partial charge is 1.00 e. The van der Waals surface area contributed by atoms with E-state index in [1.807, 2.05) is 18.2 Å². The maximum atomic E-state index is 12.1. The predicted octanol–water partition coefficient (Wildman–Crippen LogP) is 0.876. The minimum Gasteiger partial charge on any atom is -1.00 e. The summed E-state index contributed by atoms with van der Waals surface area (Å²) in [6.45, 7) is 10.0. The molecule has 0 saturated carbocycles. The highest BCUT2D eigenvalue weighted by molar-refractivity contribution is 5.90. The Morgan fingerprint density at radius 2 is 2.16 bits per heavy atom. The lowest BCUT2D eigenvalue weighted by Crippen LogP contribution is -3.00. The zero-order valence-corrected chi connectivity index (χ0v) is 20.2. The van der Waals surface area contributed by atoms with Crippen LogP contribution in [0.2, 0.25) is 0 Å². The van der Waals surface area contributed by atoms with Crippen molar-refractivity contribution >= 4 is 5.97 Å². The van der Waals surface area contributed by atoms with E-state index < -0.39 is 0 Å². The number of halogens is 1. The average molecular weight is 452 g/mol. The molecule has 5 nitrogen and oxygen atoms in total. The summed E-state index contributed by atoms with van der Waals surface area (Å²) in [7, 11) is 1.42. The van der Waals surface area contributed by atoms with E-state index in [1.165, 1.54) is 32.9 Å². The number of rotatable bonds is 5. The summed E-state index contributed by atoms with van der Waals surface area (Å²) in [6, 6.07) is 5.70. The third-order valence-electron chi connectivity index (χ3n) is 7.60. The number of quaternary nitrogens is 1. The molecule has 2 fully saturated rings. The molecule has 0 aliphatic carbocycles. The topological polar surface area (TPSA) is 61.4 Å². The van der Waals surface area contributed by atoms with Crippen LogP contribution in [-0.2, 0) is 9.47 Å². The molecular weight excluding hydrogens is 414 g/mol. The normalized spacial score (nSPS) is 31.9. The summed E-state index contributed by atoms with van der Waals surface area (Å²) in [5.74, 6) is 1.48. The van der Waals surface area contributed by atoms with E-state index >= 15 is 0 Å². The molecule has 2 N–H and O–H groups in total. The van der Waals surface area contributed by atoms with Gasteiger partial charge in [0.15, 0.2) is 0 Å². The van der Waals surface area contributed by atoms with E-state index in [4.69, 9.17) is 14.2 Å². The van der Waals surface area contributed by atoms with Crippen molar-refractivity contribution < 1.29 is 36.7 Å². The first-order valence-electron chi connectivity index (χ1n) is 11.7. The van der Waals surface area contributed by atoms with Gasteiger partial charge in [-0.3, -0.25) is 0 Å². The lowest BCUT2D eigenvalue weighted by molar-refractivity contribution is -0.678. The van der Waals surface area contributed by atoms with E-state index in [0.717, 1.165) is 43.7 Å². The molecule has 0 radical (unpaired) electrons. The maximum Gasteiger partial charge on any atom is 0.337 e. The first kappa shape index (κ1) is 24.3. The second-order valence-corrected chi connectivity index (χ2v) is 10.4. The Bertz CT molecular complexity index is 777. The Morgan fingerprint density at radius 3 is 2.84 bits per heavy atom. The van der Waals surface area contributed by atoms with Gasteiger partial charge in [-0.1, -0.05) is 26.3 Å². The number of hydrogen-bond acceptors (Lipinski definition) is 4. The van der Waals surface area contributed by atoms with Crippen LogP contribution < -0.4 is 22.5 Å². The van der Waals surface area contributed by atoms with Crippen LogP contribution >= 0.6 is 0 Å². The fourth-order valence-electron chi connectivity index (χ4n) is 5.83. The number of fused-ring (bicyclic) bond motifs is 3. The van der Waals surface area contributed by atoms with Crippen molar-refractivity contribution in [1.29, 1.82) is 0 Å². The number of ether oxygens (including phenoxy) is 3. The molecule has 0 bridgehead atoms. The van der Waals surface area contributed by atoms with Gasteiger partial charge in [-0.15, -0.1) is 0 Å². The highest BCUT2D eigenvalue weighted by Crippen LogP contribution is 2.55. The highest BCUT2D eigenvalue weighted by atomic mass is 35.5. The molecule has 0 amide bonds. The number of benzene rings is 1. The molecule has 0 unspecified atom stereocenters. The predicted molar refractivity (Wildman–Crippen MR) is 116 cm³/mol. The molecule has 174 valence electrons. The maximum absolute atomic E-state index is 12.1. The second-order valence-electron chi connectivity index (χ2n) is 10.4. The average Bonchev–Trinajstić information content (AvgIpc) is 2.73. The number of esters is 1. The van der Waals surface area contributed by atoms with E-state index in [1.54, 1.807) is 0 Å². The van der Waals surface area contributed by atoms with Crippen LogP contribution in [0.5, 0.6) is 5.75 Å². The lowest BCUT2D eigenvalue weighted by Gasteiger charge is -2.54. The summed E-state index contributed by atoms with van der Waals surface area (Å²) in [5.41, 5.74) is 1.61. The van der Waals surface area contributed by atoms with Gasteiger partial charge < -0.3 is 31.9 Å². The molecule has 1 aromatic rings. The van der Waals surface area contributed by atoms with E-state index in [-0.39, 0.29) is 35.5 Å². The van der Waals surface area contributed by atoms with E-state index in [2.05, 4.69) is 26.1 Å². The van der Waals surface area contributed by atoms with Crippen LogP contribution in [0.15, 0.2) is 18.2 Å². The monoisotopic (exact) mass is 451 g/mol. The number of hydrogen-bond donors (Lipinski definition) is 1. The summed E-state index contributed by atoms with van der Waals surface area (Å²) in [6.07, 6.45) is 7.07. The molecule has 4 rings (SSSR count). The second kappa shape index (κ2) is 9.68. The van der Waals surface area contributed by atoms with Gasteiger partial charge in [0.2, 0.25) is 0 Å². The van der Waals surface area contributed by atoms with Crippen molar-refractivity contribution in [2.75, 3.05) is 26.8 Å². The molecule has 1 spiro atoms. The van der Waals surface area contributed by atoms with Gasteiger partial charge in [0.05, 0.1) is 38.5 Å². The first-order chi connectivity index (χ1) is 14.4. The summed E-state index contributed by atoms with van der Waals surface area (Å²) >= 11 is 0. The van der Waals surface area contributed by atoms with E-state index in [9.17, 15) is 4.79 Å². The van der Waals surface area contributed by atoms with Crippen LogP contribution in [0.4, 0.5) is 0 Å². The molecule has 6 heteroatoms. The molecule has 3 heterocycles. The molecule has 31 heavy (non-hydrogen) atoms. The van der Waals surface area contributed by atoms with Crippen molar-refractivity contribution in [2.45, 2.75) is 71.0 Å². The zero-order chi connectivity index (χ0) is 21.4. The van der Waals surface area contributed by atoms with Crippen molar-refractivity contribution in [1.82, 2.24) is 0 Å². The fourth-order valence-corrected chi connectivity index (χ4v) is 5.83. The molecule has 3 aliphatic rings. The van der Waals surface area contributed by atoms with Crippen molar-refractivity contribution in [3.05, 3.63) is 29.3 Å². The van der Waals surface area contributed by atoms with E-state index in [0.29, 0.717) is 17.4 Å². The van der Waals surface area contributed by atoms with Gasteiger partial charge in [0, 0.05) is 16.9 Å². The molecular formula is C25H38ClNO4. The third-order valence-corrected chi connectivity index (χ3v) is 7.60. The number of carbonyl (C=O) groups excluding carboxylic acids is 1.